The number of fused-ring (bicyclic) bond motifs is 2. The summed E-state index contributed by atoms with van der Waals surface area (Å²) in [4.78, 5) is 30.9. The van der Waals surface area contributed by atoms with Crippen molar-refractivity contribution in [2.24, 2.45) is 5.10 Å². The Morgan fingerprint density at radius 1 is 1.04 bits per heavy atom. The molecule has 0 bridgehead atoms. The number of hydrogen-bond donors (Lipinski definition) is 1. The molecule has 0 atom stereocenters. The first kappa shape index (κ1) is 30.8. The lowest BCUT2D eigenvalue weighted by molar-refractivity contribution is -0.118. The Balaban J connectivity index is 1.36. The van der Waals surface area contributed by atoms with Gasteiger partial charge in [-0.3, -0.25) is 9.59 Å². The van der Waals surface area contributed by atoms with Crippen LogP contribution in [0.25, 0.3) is 33.5 Å². The maximum Gasteiger partial charge on any atom is 0.282 e. The van der Waals surface area contributed by atoms with Crippen molar-refractivity contribution in [2.45, 2.75) is 0 Å². The molecule has 6 aromatic rings. The molecule has 0 aliphatic heterocycles. The van der Waals surface area contributed by atoms with E-state index in [0.29, 0.717) is 43.4 Å². The third-order valence-electron chi connectivity index (χ3n) is 6.90. The van der Waals surface area contributed by atoms with Gasteiger partial charge in [-0.25, -0.2) is 9.37 Å². The molecule has 4 aromatic carbocycles. The number of aromatic nitrogens is 2. The van der Waals surface area contributed by atoms with E-state index in [0.717, 1.165) is 4.68 Å². The number of ether oxygens (including phenoxy) is 3. The molecule has 0 fully saturated rings. The van der Waals surface area contributed by atoms with Crippen molar-refractivity contribution in [3.05, 3.63) is 110 Å². The van der Waals surface area contributed by atoms with Crippen LogP contribution >= 0.6 is 27.5 Å². The molecule has 1 amide bonds. The van der Waals surface area contributed by atoms with Crippen molar-refractivity contribution in [2.75, 3.05) is 26.1 Å². The molecule has 0 unspecified atom stereocenters. The summed E-state index contributed by atoms with van der Waals surface area (Å²) in [5.74, 6) is 0.120. The Bertz CT molecular complexity index is 2220. The van der Waals surface area contributed by atoms with E-state index in [9.17, 15) is 14.0 Å². The monoisotopic (exact) mass is 704 g/mol. The van der Waals surface area contributed by atoms with E-state index < -0.39 is 23.9 Å². The van der Waals surface area contributed by atoms with Crippen molar-refractivity contribution in [3.8, 4) is 28.8 Å². The molecular weight excluding hydrogens is 683 g/mol. The maximum atomic E-state index is 13.9. The lowest BCUT2D eigenvalue weighted by atomic mass is 10.2. The van der Waals surface area contributed by atoms with E-state index in [1.54, 1.807) is 67.8 Å². The number of nitrogens with zero attached hydrogens (tertiary/aromatic N) is 3. The zero-order valence-electron chi connectivity index (χ0n) is 24.2. The maximum absolute atomic E-state index is 13.9. The topological polar surface area (TPSA) is 117 Å². The highest BCUT2D eigenvalue weighted by molar-refractivity contribution is 9.10. The fourth-order valence-electron chi connectivity index (χ4n) is 4.70. The fourth-order valence-corrected chi connectivity index (χ4v) is 5.36. The number of nitrogens with one attached hydrogen (secondary N) is 1. The van der Waals surface area contributed by atoms with E-state index in [1.807, 2.05) is 0 Å². The molecule has 46 heavy (non-hydrogen) atoms. The first-order valence-electron chi connectivity index (χ1n) is 13.6. The average molecular weight is 706 g/mol. The summed E-state index contributed by atoms with van der Waals surface area (Å²) in [6.07, 6.45) is 1.40. The van der Waals surface area contributed by atoms with Gasteiger partial charge in [0.2, 0.25) is 5.82 Å². The number of anilines is 1. The minimum absolute atomic E-state index is 0.0153. The van der Waals surface area contributed by atoms with Crippen molar-refractivity contribution in [3.63, 3.8) is 0 Å². The Morgan fingerprint density at radius 2 is 1.80 bits per heavy atom. The standard InChI is InChI=1S/C33H23BrClFN4O6/c1-43-24-12-7-13-25-20(24)15-27(46-25)32-39-22-10-5-3-8-19(22)33(42)40(32)37-16-18-14-26(44-2)31(30(35)29(18)34)45-17-28(41)38-23-11-6-4-9-21(23)36/h3-16H,17H2,1-2H3,(H,38,41). The molecule has 6 rings (SSSR count). The van der Waals surface area contributed by atoms with Gasteiger partial charge in [-0.15, -0.1) is 0 Å². The van der Waals surface area contributed by atoms with Gasteiger partial charge in [-0.2, -0.15) is 9.78 Å². The third-order valence-corrected chi connectivity index (χ3v) is 8.34. The zero-order chi connectivity index (χ0) is 32.4. The van der Waals surface area contributed by atoms with Gasteiger partial charge in [0.25, 0.3) is 11.5 Å². The zero-order valence-corrected chi connectivity index (χ0v) is 26.6. The van der Waals surface area contributed by atoms with Crippen LogP contribution in [0.1, 0.15) is 5.56 Å². The van der Waals surface area contributed by atoms with Gasteiger partial charge in [0.15, 0.2) is 23.9 Å². The van der Waals surface area contributed by atoms with Gasteiger partial charge in [0.05, 0.1) is 42.4 Å². The summed E-state index contributed by atoms with van der Waals surface area (Å²) >= 11 is 10.1. The summed E-state index contributed by atoms with van der Waals surface area (Å²) in [6, 6.07) is 21.4. The van der Waals surface area contributed by atoms with Crippen LogP contribution in [0.15, 0.2) is 97.6 Å². The summed E-state index contributed by atoms with van der Waals surface area (Å²) in [5, 5.41) is 8.07. The van der Waals surface area contributed by atoms with Crippen LogP contribution in [0, 0.1) is 5.82 Å². The molecule has 1 N–H and O–H groups in total. The van der Waals surface area contributed by atoms with Crippen molar-refractivity contribution < 1.29 is 27.8 Å². The number of carbonyl (C=O) groups is 1. The second-order valence-electron chi connectivity index (χ2n) is 9.74. The van der Waals surface area contributed by atoms with Crippen LogP contribution in [0.3, 0.4) is 0 Å². The highest BCUT2D eigenvalue weighted by Crippen LogP contribution is 2.42. The van der Waals surface area contributed by atoms with Crippen LogP contribution in [0.5, 0.6) is 17.2 Å². The number of para-hydroxylation sites is 2. The molecule has 0 radical (unpaired) electrons. The van der Waals surface area contributed by atoms with Gasteiger partial charge in [0, 0.05) is 10.0 Å². The highest BCUT2D eigenvalue weighted by atomic mass is 79.9. The lowest BCUT2D eigenvalue weighted by Gasteiger charge is -2.15. The summed E-state index contributed by atoms with van der Waals surface area (Å²) < 4.78 is 38.1. The predicted octanol–water partition coefficient (Wildman–Crippen LogP) is 7.28. The Hall–Kier alpha value is -5.20. The van der Waals surface area contributed by atoms with Crippen LogP contribution in [0.4, 0.5) is 10.1 Å². The second kappa shape index (κ2) is 13.0. The van der Waals surface area contributed by atoms with Gasteiger partial charge in [0.1, 0.15) is 22.2 Å². The molecule has 0 spiro atoms. The van der Waals surface area contributed by atoms with Crippen LogP contribution in [0.2, 0.25) is 5.02 Å². The van der Waals surface area contributed by atoms with Crippen molar-refractivity contribution >= 4 is 67.2 Å². The van der Waals surface area contributed by atoms with E-state index in [4.69, 9.17) is 35.2 Å². The quantitative estimate of drug-likeness (QED) is 0.157. The molecule has 2 aromatic heterocycles. The molecule has 0 aliphatic rings. The Morgan fingerprint density at radius 3 is 2.59 bits per heavy atom. The number of amides is 1. The van der Waals surface area contributed by atoms with E-state index in [1.165, 1.54) is 31.5 Å². The minimum Gasteiger partial charge on any atom is -0.496 e. The largest absolute Gasteiger partial charge is 0.496 e. The van der Waals surface area contributed by atoms with Crippen LogP contribution in [-0.2, 0) is 4.79 Å². The summed E-state index contributed by atoms with van der Waals surface area (Å²) in [7, 11) is 2.96. The van der Waals surface area contributed by atoms with Gasteiger partial charge in [-0.05, 0) is 64.5 Å². The number of hydrogen-bond acceptors (Lipinski definition) is 8. The average Bonchev–Trinajstić information content (AvgIpc) is 3.51. The SMILES string of the molecule is COc1cc(C=Nn2c(-c3cc4c(OC)cccc4o3)nc3ccccc3c2=O)c(Br)c(Cl)c1OCC(=O)Nc1ccccc1F. The number of rotatable bonds is 9. The fraction of sp³-hybridized carbons (Fsp3) is 0.0909. The number of carbonyl (C=O) groups excluding carboxylic acids is 1. The molecular formula is C33H23BrClFN4O6. The lowest BCUT2D eigenvalue weighted by Crippen LogP contribution is -2.21. The minimum atomic E-state index is -0.608. The van der Waals surface area contributed by atoms with Crippen molar-refractivity contribution in [1.82, 2.24) is 9.66 Å². The van der Waals surface area contributed by atoms with Gasteiger partial charge in [-0.1, -0.05) is 41.9 Å². The first-order chi connectivity index (χ1) is 22.3. The number of halogens is 3. The van der Waals surface area contributed by atoms with Gasteiger partial charge < -0.3 is 23.9 Å². The molecule has 232 valence electrons. The Kier molecular flexibility index (Phi) is 8.73. The molecule has 0 aliphatic carbocycles. The number of methoxy groups -OCH3 is 2. The van der Waals surface area contributed by atoms with E-state index in [-0.39, 0.29) is 28.0 Å². The molecule has 2 heterocycles. The summed E-state index contributed by atoms with van der Waals surface area (Å²) in [5.41, 5.74) is 1.01. The Labute approximate surface area is 274 Å². The smallest absolute Gasteiger partial charge is 0.282 e. The second-order valence-corrected chi connectivity index (χ2v) is 10.9. The van der Waals surface area contributed by atoms with Gasteiger partial charge >= 0.3 is 0 Å². The number of benzene rings is 4. The van der Waals surface area contributed by atoms with Crippen molar-refractivity contribution in [1.29, 1.82) is 0 Å². The van der Waals surface area contributed by atoms with E-state index >= 15 is 0 Å². The van der Waals surface area contributed by atoms with Crippen LogP contribution in [-0.4, -0.2) is 42.6 Å². The highest BCUT2D eigenvalue weighted by Gasteiger charge is 2.21. The predicted molar refractivity (Wildman–Crippen MR) is 177 cm³/mol. The molecule has 13 heteroatoms. The molecule has 0 saturated heterocycles. The molecule has 10 nitrogen and oxygen atoms in total. The first-order valence-corrected chi connectivity index (χ1v) is 14.8. The summed E-state index contributed by atoms with van der Waals surface area (Å²) in [6.45, 7) is -0.478. The van der Waals surface area contributed by atoms with E-state index in [2.05, 4.69) is 26.3 Å². The number of furan rings is 1. The third kappa shape index (κ3) is 5.92. The van der Waals surface area contributed by atoms with Crippen LogP contribution < -0.4 is 25.1 Å². The normalized spacial score (nSPS) is 11.3. The molecule has 0 saturated carbocycles.